The molecule has 0 spiro atoms. The molecule has 0 amide bonds. The van der Waals surface area contributed by atoms with E-state index >= 15 is 0 Å². The van der Waals surface area contributed by atoms with Crippen LogP contribution in [0, 0.1) is 0 Å². The number of aromatic amines is 1. The molecular weight excluding hydrogens is 204 g/mol. The summed E-state index contributed by atoms with van der Waals surface area (Å²) in [6.07, 6.45) is 1.44. The summed E-state index contributed by atoms with van der Waals surface area (Å²) in [4.78, 5) is 17.8. The Labute approximate surface area is 93.0 Å². The second kappa shape index (κ2) is 4.18. The monoisotopic (exact) mass is 216 g/mol. The van der Waals surface area contributed by atoms with Crippen molar-refractivity contribution in [3.63, 3.8) is 0 Å². The molecule has 0 radical (unpaired) electrons. The van der Waals surface area contributed by atoms with E-state index in [0.717, 1.165) is 23.4 Å². The fourth-order valence-corrected chi connectivity index (χ4v) is 1.63. The number of nitrogens with one attached hydrogen (secondary N) is 1. The molecule has 1 heterocycles. The van der Waals surface area contributed by atoms with Gasteiger partial charge in [0.05, 0.1) is 5.69 Å². The molecule has 0 saturated carbocycles. The lowest BCUT2D eigenvalue weighted by atomic mass is 10.1. The molecule has 2 rings (SSSR count). The highest BCUT2D eigenvalue weighted by Gasteiger charge is 2.10. The summed E-state index contributed by atoms with van der Waals surface area (Å²) in [5.41, 5.74) is 2.43. The third-order valence-corrected chi connectivity index (χ3v) is 2.38. The molecule has 4 nitrogen and oxygen atoms in total. The molecule has 0 bridgehead atoms. The number of benzene rings is 1. The van der Waals surface area contributed by atoms with Crippen LogP contribution in [0.2, 0.25) is 0 Å². The van der Waals surface area contributed by atoms with Gasteiger partial charge in [0, 0.05) is 11.3 Å². The van der Waals surface area contributed by atoms with E-state index in [2.05, 4.69) is 9.97 Å². The Bertz CT molecular complexity index is 517. The molecule has 1 aromatic heterocycles. The van der Waals surface area contributed by atoms with Gasteiger partial charge in [-0.15, -0.1) is 0 Å². The van der Waals surface area contributed by atoms with E-state index in [1.54, 1.807) is 18.2 Å². The highest BCUT2D eigenvalue weighted by Crippen LogP contribution is 2.24. The van der Waals surface area contributed by atoms with E-state index in [1.165, 1.54) is 0 Å². The van der Waals surface area contributed by atoms with Crippen LogP contribution in [0.25, 0.3) is 11.3 Å². The first-order valence-corrected chi connectivity index (χ1v) is 5.08. The number of rotatable bonds is 3. The van der Waals surface area contributed by atoms with Gasteiger partial charge in [-0.3, -0.25) is 4.79 Å². The highest BCUT2D eigenvalue weighted by atomic mass is 16.3. The summed E-state index contributed by atoms with van der Waals surface area (Å²) in [5, 5.41) is 9.39. The number of H-pyrrole nitrogens is 1. The predicted octanol–water partition coefficient (Wildman–Crippen LogP) is 2.16. The van der Waals surface area contributed by atoms with Crippen LogP contribution in [0.15, 0.2) is 24.3 Å². The normalized spacial score (nSPS) is 10.3. The summed E-state index contributed by atoms with van der Waals surface area (Å²) in [6.45, 7) is 1.98. The topological polar surface area (TPSA) is 66.0 Å². The van der Waals surface area contributed by atoms with Crippen LogP contribution in [0.1, 0.15) is 23.2 Å². The number of carbonyl (C=O) groups is 1. The Morgan fingerprint density at radius 3 is 2.94 bits per heavy atom. The van der Waals surface area contributed by atoms with E-state index in [1.807, 2.05) is 13.0 Å². The standard InChI is InChI=1S/C12H12N2O2/c1-2-10-12(14-11(7-15)13-10)8-4-3-5-9(16)6-8/h3-7,16H,2H2,1H3,(H,13,14). The van der Waals surface area contributed by atoms with Crippen LogP contribution >= 0.6 is 0 Å². The minimum Gasteiger partial charge on any atom is -0.508 e. The van der Waals surface area contributed by atoms with Crippen LogP contribution in [0.4, 0.5) is 0 Å². The van der Waals surface area contributed by atoms with E-state index < -0.39 is 0 Å². The average Bonchev–Trinajstić information content (AvgIpc) is 2.72. The van der Waals surface area contributed by atoms with Crippen molar-refractivity contribution < 1.29 is 9.90 Å². The molecule has 0 aliphatic heterocycles. The molecule has 0 aliphatic carbocycles. The van der Waals surface area contributed by atoms with Crippen LogP contribution < -0.4 is 0 Å². The number of phenols is 1. The Morgan fingerprint density at radius 1 is 1.50 bits per heavy atom. The van der Waals surface area contributed by atoms with Gasteiger partial charge in [-0.1, -0.05) is 19.1 Å². The zero-order valence-electron chi connectivity index (χ0n) is 8.90. The molecule has 0 atom stereocenters. The molecule has 16 heavy (non-hydrogen) atoms. The van der Waals surface area contributed by atoms with Gasteiger partial charge in [-0.05, 0) is 18.6 Å². The second-order valence-electron chi connectivity index (χ2n) is 3.47. The summed E-state index contributed by atoms with van der Waals surface area (Å²) in [6, 6.07) is 6.83. The molecule has 1 aromatic carbocycles. The van der Waals surface area contributed by atoms with Gasteiger partial charge in [0.15, 0.2) is 12.1 Å². The second-order valence-corrected chi connectivity index (χ2v) is 3.47. The van der Waals surface area contributed by atoms with E-state index in [-0.39, 0.29) is 5.75 Å². The molecule has 0 saturated heterocycles. The van der Waals surface area contributed by atoms with Crippen molar-refractivity contribution in [3.05, 3.63) is 35.8 Å². The molecule has 0 unspecified atom stereocenters. The Morgan fingerprint density at radius 2 is 2.31 bits per heavy atom. The Kier molecular flexibility index (Phi) is 2.72. The molecule has 2 aromatic rings. The Hall–Kier alpha value is -2.10. The number of aldehydes is 1. The van der Waals surface area contributed by atoms with Crippen molar-refractivity contribution in [1.29, 1.82) is 0 Å². The van der Waals surface area contributed by atoms with Gasteiger partial charge in [0.1, 0.15) is 5.75 Å². The minimum absolute atomic E-state index is 0.190. The largest absolute Gasteiger partial charge is 0.508 e. The van der Waals surface area contributed by atoms with Crippen molar-refractivity contribution in [2.45, 2.75) is 13.3 Å². The van der Waals surface area contributed by atoms with Gasteiger partial charge in [0.25, 0.3) is 0 Å². The maximum Gasteiger partial charge on any atom is 0.185 e. The van der Waals surface area contributed by atoms with Crippen LogP contribution in [0.5, 0.6) is 5.75 Å². The third kappa shape index (κ3) is 1.82. The summed E-state index contributed by atoms with van der Waals surface area (Å²) in [5.74, 6) is 0.505. The Balaban J connectivity index is 2.54. The van der Waals surface area contributed by atoms with Crippen molar-refractivity contribution in [2.75, 3.05) is 0 Å². The number of nitrogens with zero attached hydrogens (tertiary/aromatic N) is 1. The van der Waals surface area contributed by atoms with Crippen LogP contribution in [-0.2, 0) is 6.42 Å². The zero-order chi connectivity index (χ0) is 11.5. The average molecular weight is 216 g/mol. The fraction of sp³-hybridized carbons (Fsp3) is 0.167. The summed E-state index contributed by atoms with van der Waals surface area (Å²) >= 11 is 0. The number of hydrogen-bond donors (Lipinski definition) is 2. The number of carbonyl (C=O) groups excluding carboxylic acids is 1. The molecule has 4 heteroatoms. The van der Waals surface area contributed by atoms with Crippen molar-refractivity contribution >= 4 is 6.29 Å². The number of hydrogen-bond acceptors (Lipinski definition) is 3. The first-order valence-electron chi connectivity index (χ1n) is 5.08. The van der Waals surface area contributed by atoms with Crippen LogP contribution in [-0.4, -0.2) is 21.4 Å². The molecule has 2 N–H and O–H groups in total. The lowest BCUT2D eigenvalue weighted by Crippen LogP contribution is -1.85. The summed E-state index contributed by atoms with van der Waals surface area (Å²) in [7, 11) is 0. The van der Waals surface area contributed by atoms with E-state index in [9.17, 15) is 9.90 Å². The smallest absolute Gasteiger partial charge is 0.185 e. The highest BCUT2D eigenvalue weighted by molar-refractivity contribution is 5.73. The maximum atomic E-state index is 10.6. The zero-order valence-corrected chi connectivity index (χ0v) is 8.90. The van der Waals surface area contributed by atoms with E-state index in [4.69, 9.17) is 0 Å². The third-order valence-electron chi connectivity index (χ3n) is 2.38. The number of aryl methyl sites for hydroxylation is 1. The van der Waals surface area contributed by atoms with Crippen molar-refractivity contribution in [3.8, 4) is 17.0 Å². The lowest BCUT2D eigenvalue weighted by Gasteiger charge is -2.00. The van der Waals surface area contributed by atoms with Gasteiger partial charge in [-0.25, -0.2) is 4.98 Å². The maximum absolute atomic E-state index is 10.6. The van der Waals surface area contributed by atoms with Crippen LogP contribution in [0.3, 0.4) is 0 Å². The first kappa shape index (κ1) is 10.4. The molecular formula is C12H12N2O2. The number of aromatic nitrogens is 2. The van der Waals surface area contributed by atoms with Crippen molar-refractivity contribution in [2.24, 2.45) is 0 Å². The minimum atomic E-state index is 0.190. The fourth-order valence-electron chi connectivity index (χ4n) is 1.63. The summed E-state index contributed by atoms with van der Waals surface area (Å²) < 4.78 is 0. The van der Waals surface area contributed by atoms with Gasteiger partial charge in [0.2, 0.25) is 0 Å². The first-order chi connectivity index (χ1) is 7.74. The quantitative estimate of drug-likeness (QED) is 0.772. The molecule has 0 aliphatic rings. The lowest BCUT2D eigenvalue weighted by molar-refractivity contribution is 0.111. The van der Waals surface area contributed by atoms with E-state index in [0.29, 0.717) is 12.1 Å². The van der Waals surface area contributed by atoms with Crippen molar-refractivity contribution in [1.82, 2.24) is 9.97 Å². The van der Waals surface area contributed by atoms with Gasteiger partial charge >= 0.3 is 0 Å². The molecule has 82 valence electrons. The van der Waals surface area contributed by atoms with Gasteiger partial charge in [-0.2, -0.15) is 0 Å². The SMILES string of the molecule is CCc1[nH]c(C=O)nc1-c1cccc(O)c1. The number of imidazole rings is 1. The number of phenolic OH excluding ortho intramolecular Hbond substituents is 1. The predicted molar refractivity (Wildman–Crippen MR) is 60.5 cm³/mol. The number of aromatic hydroxyl groups is 1. The molecule has 0 fully saturated rings. The van der Waals surface area contributed by atoms with Gasteiger partial charge < -0.3 is 10.1 Å².